The standard InChI is InChI=1S/C12H16N2O3/c1-4-17-12(16)11-7(2)9(8(3)14-11)5-6-10(13)15/h5-6,14H,4H2,1-3H3,(H2,13,15). The first-order valence-electron chi connectivity index (χ1n) is 5.31. The van der Waals surface area contributed by atoms with Crippen LogP contribution in [0.1, 0.15) is 34.2 Å². The van der Waals surface area contributed by atoms with Gasteiger partial charge in [-0.3, -0.25) is 4.79 Å². The van der Waals surface area contributed by atoms with Crippen LogP contribution in [-0.4, -0.2) is 23.5 Å². The summed E-state index contributed by atoms with van der Waals surface area (Å²) >= 11 is 0. The van der Waals surface area contributed by atoms with Gasteiger partial charge in [-0.15, -0.1) is 0 Å². The summed E-state index contributed by atoms with van der Waals surface area (Å²) in [5.41, 5.74) is 7.76. The molecule has 0 spiro atoms. The number of carbonyl (C=O) groups excluding carboxylic acids is 2. The highest BCUT2D eigenvalue weighted by molar-refractivity contribution is 5.93. The second kappa shape index (κ2) is 5.34. The molecule has 0 fully saturated rings. The molecule has 0 saturated carbocycles. The van der Waals surface area contributed by atoms with E-state index in [2.05, 4.69) is 4.98 Å². The molecule has 0 atom stereocenters. The summed E-state index contributed by atoms with van der Waals surface area (Å²) in [7, 11) is 0. The molecule has 1 rings (SSSR count). The molecular weight excluding hydrogens is 220 g/mol. The molecular formula is C12H16N2O3. The number of nitrogens with two attached hydrogens (primary N) is 1. The predicted octanol–water partition coefficient (Wildman–Crippen LogP) is 1.31. The highest BCUT2D eigenvalue weighted by atomic mass is 16.5. The zero-order valence-corrected chi connectivity index (χ0v) is 10.2. The van der Waals surface area contributed by atoms with Crippen molar-refractivity contribution in [3.63, 3.8) is 0 Å². The number of ether oxygens (including phenoxy) is 1. The SMILES string of the molecule is CCOC(=O)c1[nH]c(C)c(C=CC(N)=O)c1C. The molecule has 0 aliphatic rings. The lowest BCUT2D eigenvalue weighted by Crippen LogP contribution is -2.06. The third-order valence-electron chi connectivity index (χ3n) is 2.39. The summed E-state index contributed by atoms with van der Waals surface area (Å²) in [6, 6.07) is 0. The Morgan fingerprint density at radius 2 is 2.06 bits per heavy atom. The van der Waals surface area contributed by atoms with Crippen LogP contribution < -0.4 is 5.73 Å². The molecule has 0 aliphatic carbocycles. The molecule has 0 aliphatic heterocycles. The van der Waals surface area contributed by atoms with Crippen molar-refractivity contribution in [1.82, 2.24) is 4.98 Å². The zero-order valence-electron chi connectivity index (χ0n) is 10.2. The molecule has 17 heavy (non-hydrogen) atoms. The van der Waals surface area contributed by atoms with Gasteiger partial charge in [0.1, 0.15) is 5.69 Å². The molecule has 0 unspecified atom stereocenters. The number of hydrogen-bond acceptors (Lipinski definition) is 3. The maximum atomic E-state index is 11.6. The van der Waals surface area contributed by atoms with E-state index in [-0.39, 0.29) is 0 Å². The molecule has 1 amide bonds. The first-order chi connectivity index (χ1) is 7.97. The van der Waals surface area contributed by atoms with Gasteiger partial charge in [0.15, 0.2) is 0 Å². The topological polar surface area (TPSA) is 85.2 Å². The van der Waals surface area contributed by atoms with E-state index >= 15 is 0 Å². The van der Waals surface area contributed by atoms with Crippen LogP contribution in [0.3, 0.4) is 0 Å². The van der Waals surface area contributed by atoms with Gasteiger partial charge >= 0.3 is 5.97 Å². The largest absolute Gasteiger partial charge is 0.461 e. The number of aromatic nitrogens is 1. The number of rotatable bonds is 4. The lowest BCUT2D eigenvalue weighted by Gasteiger charge is -2.00. The van der Waals surface area contributed by atoms with Crippen LogP contribution in [0.15, 0.2) is 6.08 Å². The van der Waals surface area contributed by atoms with Crippen LogP contribution in [0.4, 0.5) is 0 Å². The van der Waals surface area contributed by atoms with E-state index in [0.717, 1.165) is 16.8 Å². The Balaban J connectivity index is 3.10. The average molecular weight is 236 g/mol. The molecule has 1 aromatic rings. The molecule has 1 heterocycles. The quantitative estimate of drug-likeness (QED) is 0.610. The van der Waals surface area contributed by atoms with Gasteiger partial charge in [-0.1, -0.05) is 0 Å². The molecule has 0 radical (unpaired) electrons. The van der Waals surface area contributed by atoms with E-state index in [1.54, 1.807) is 19.9 Å². The first-order valence-corrected chi connectivity index (χ1v) is 5.31. The minimum Gasteiger partial charge on any atom is -0.461 e. The number of aryl methyl sites for hydroxylation is 1. The van der Waals surface area contributed by atoms with Gasteiger partial charge in [0.25, 0.3) is 0 Å². The van der Waals surface area contributed by atoms with Gasteiger partial charge < -0.3 is 15.5 Å². The Morgan fingerprint density at radius 1 is 1.41 bits per heavy atom. The van der Waals surface area contributed by atoms with E-state index in [1.807, 2.05) is 6.92 Å². The van der Waals surface area contributed by atoms with Gasteiger partial charge in [0.2, 0.25) is 5.91 Å². The minimum absolute atomic E-state index is 0.322. The van der Waals surface area contributed by atoms with Crippen LogP contribution in [0.5, 0.6) is 0 Å². The van der Waals surface area contributed by atoms with Crippen LogP contribution in [-0.2, 0) is 9.53 Å². The van der Waals surface area contributed by atoms with E-state index in [0.29, 0.717) is 12.3 Å². The lowest BCUT2D eigenvalue weighted by atomic mass is 10.1. The van der Waals surface area contributed by atoms with E-state index in [1.165, 1.54) is 6.08 Å². The van der Waals surface area contributed by atoms with Gasteiger partial charge in [-0.2, -0.15) is 0 Å². The number of aromatic amines is 1. The van der Waals surface area contributed by atoms with E-state index in [4.69, 9.17) is 10.5 Å². The Hall–Kier alpha value is -2.04. The maximum absolute atomic E-state index is 11.6. The minimum atomic E-state index is -0.525. The van der Waals surface area contributed by atoms with Crippen LogP contribution >= 0.6 is 0 Å². The summed E-state index contributed by atoms with van der Waals surface area (Å²) < 4.78 is 4.92. The molecule has 3 N–H and O–H groups in total. The van der Waals surface area contributed by atoms with Gasteiger partial charge in [-0.25, -0.2) is 4.79 Å². The number of amides is 1. The van der Waals surface area contributed by atoms with Crippen LogP contribution in [0.25, 0.3) is 6.08 Å². The molecule has 5 nitrogen and oxygen atoms in total. The summed E-state index contributed by atoms with van der Waals surface area (Å²) in [6.45, 7) is 5.67. The van der Waals surface area contributed by atoms with Crippen LogP contribution in [0.2, 0.25) is 0 Å². The van der Waals surface area contributed by atoms with Gasteiger partial charge in [0.05, 0.1) is 6.61 Å². The highest BCUT2D eigenvalue weighted by Crippen LogP contribution is 2.20. The van der Waals surface area contributed by atoms with E-state index in [9.17, 15) is 9.59 Å². The monoisotopic (exact) mass is 236 g/mol. The van der Waals surface area contributed by atoms with Crippen molar-refractivity contribution < 1.29 is 14.3 Å². The molecule has 1 aromatic heterocycles. The molecule has 5 heteroatoms. The van der Waals surface area contributed by atoms with Gasteiger partial charge in [-0.05, 0) is 38.0 Å². The van der Waals surface area contributed by atoms with Crippen molar-refractivity contribution in [3.8, 4) is 0 Å². The Morgan fingerprint density at radius 3 is 2.59 bits per heavy atom. The lowest BCUT2D eigenvalue weighted by molar-refractivity contribution is -0.113. The smallest absolute Gasteiger partial charge is 0.355 e. The number of nitrogens with one attached hydrogen (secondary N) is 1. The first kappa shape index (κ1) is 13.0. The average Bonchev–Trinajstić information content (AvgIpc) is 2.52. The van der Waals surface area contributed by atoms with Gasteiger partial charge in [0, 0.05) is 11.8 Å². The summed E-state index contributed by atoms with van der Waals surface area (Å²) in [6.07, 6.45) is 2.85. The number of primary amides is 1. The molecule has 92 valence electrons. The third kappa shape index (κ3) is 2.96. The molecule has 0 bridgehead atoms. The number of hydrogen-bond donors (Lipinski definition) is 2. The summed E-state index contributed by atoms with van der Waals surface area (Å²) in [4.78, 5) is 25.2. The van der Waals surface area contributed by atoms with Crippen molar-refractivity contribution in [2.75, 3.05) is 6.61 Å². The molecule has 0 saturated heterocycles. The number of H-pyrrole nitrogens is 1. The number of esters is 1. The van der Waals surface area contributed by atoms with Crippen molar-refractivity contribution >= 4 is 18.0 Å². The number of carbonyl (C=O) groups is 2. The Kier molecular flexibility index (Phi) is 4.09. The summed E-state index contributed by atoms with van der Waals surface area (Å²) in [5, 5.41) is 0. The third-order valence-corrected chi connectivity index (χ3v) is 2.39. The van der Waals surface area contributed by atoms with Crippen molar-refractivity contribution in [3.05, 3.63) is 28.6 Å². The summed E-state index contributed by atoms with van der Waals surface area (Å²) in [5.74, 6) is -0.922. The van der Waals surface area contributed by atoms with Crippen molar-refractivity contribution in [2.24, 2.45) is 5.73 Å². The van der Waals surface area contributed by atoms with Crippen molar-refractivity contribution in [1.29, 1.82) is 0 Å². The van der Waals surface area contributed by atoms with E-state index < -0.39 is 11.9 Å². The fourth-order valence-corrected chi connectivity index (χ4v) is 1.59. The van der Waals surface area contributed by atoms with Crippen LogP contribution in [0, 0.1) is 13.8 Å². The predicted molar refractivity (Wildman–Crippen MR) is 64.5 cm³/mol. The fraction of sp³-hybridized carbons (Fsp3) is 0.333. The van der Waals surface area contributed by atoms with Crippen molar-refractivity contribution in [2.45, 2.75) is 20.8 Å². The second-order valence-corrected chi connectivity index (χ2v) is 3.62. The highest BCUT2D eigenvalue weighted by Gasteiger charge is 2.16. The Bertz CT molecular complexity index is 472. The molecule has 0 aromatic carbocycles. The fourth-order valence-electron chi connectivity index (χ4n) is 1.59. The normalized spacial score (nSPS) is 10.8. The Labute approximate surface area is 99.6 Å². The second-order valence-electron chi connectivity index (χ2n) is 3.62. The zero-order chi connectivity index (χ0) is 13.0. The maximum Gasteiger partial charge on any atom is 0.355 e.